The minimum atomic E-state index is -4.42. The zero-order valence-corrected chi connectivity index (χ0v) is 20.1. The van der Waals surface area contributed by atoms with Gasteiger partial charge in [-0.1, -0.05) is 0 Å². The highest BCUT2D eigenvalue weighted by molar-refractivity contribution is 14.0. The topological polar surface area (TPSA) is 77.0 Å². The van der Waals surface area contributed by atoms with E-state index in [1.54, 1.807) is 40.5 Å². The molecule has 168 valence electrons. The number of nitrogens with zero attached hydrogens (tertiary/aromatic N) is 2. The number of hydrogen-bond donors (Lipinski definition) is 2. The second-order valence-corrected chi connectivity index (χ2v) is 6.69. The summed E-state index contributed by atoms with van der Waals surface area (Å²) in [5, 5.41) is 7.61. The lowest BCUT2D eigenvalue weighted by molar-refractivity contribution is -0.140. The molecule has 7 nitrogen and oxygen atoms in total. The van der Waals surface area contributed by atoms with Gasteiger partial charge in [0.15, 0.2) is 23.2 Å². The predicted octanol–water partition coefficient (Wildman–Crippen LogP) is 3.71. The molecule has 0 unspecified atom stereocenters. The molecule has 0 fully saturated rings. The molecule has 1 aromatic carbocycles. The zero-order valence-electron chi connectivity index (χ0n) is 16.9. The van der Waals surface area contributed by atoms with E-state index < -0.39 is 11.9 Å². The number of nitrogens with one attached hydrogen (secondary N) is 2. The van der Waals surface area contributed by atoms with Crippen LogP contribution in [0.25, 0.3) is 0 Å². The van der Waals surface area contributed by atoms with E-state index in [-0.39, 0.29) is 24.0 Å². The highest BCUT2D eigenvalue weighted by Gasteiger charge is 2.33. The molecular weight excluding hydrogens is 536 g/mol. The number of rotatable bonds is 8. The van der Waals surface area contributed by atoms with Crippen molar-refractivity contribution in [1.29, 1.82) is 0 Å². The van der Waals surface area contributed by atoms with Crippen LogP contribution < -0.4 is 24.8 Å². The molecule has 0 bridgehead atoms. The molecule has 1 heterocycles. The second-order valence-electron chi connectivity index (χ2n) is 5.75. The zero-order chi connectivity index (χ0) is 21.4. The Labute approximate surface area is 194 Å². The minimum absolute atomic E-state index is 0. The third kappa shape index (κ3) is 7.07. The van der Waals surface area contributed by atoms with Crippen molar-refractivity contribution < 1.29 is 27.4 Å². The fourth-order valence-corrected chi connectivity index (χ4v) is 3.28. The Hall–Kier alpha value is -1.96. The van der Waals surface area contributed by atoms with Crippen LogP contribution in [0.3, 0.4) is 0 Å². The highest BCUT2D eigenvalue weighted by Crippen LogP contribution is 2.34. The van der Waals surface area contributed by atoms with Gasteiger partial charge in [-0.25, -0.2) is 4.98 Å². The van der Waals surface area contributed by atoms with Crippen LogP contribution >= 0.6 is 35.3 Å². The van der Waals surface area contributed by atoms with E-state index in [0.717, 1.165) is 22.3 Å². The van der Waals surface area contributed by atoms with Gasteiger partial charge in [0, 0.05) is 43.6 Å². The number of aliphatic imine (C=N–C) groups is 1. The maximum atomic E-state index is 12.6. The molecule has 1 aromatic heterocycles. The van der Waals surface area contributed by atoms with E-state index in [9.17, 15) is 13.2 Å². The van der Waals surface area contributed by atoms with Crippen LogP contribution in [0.2, 0.25) is 0 Å². The summed E-state index contributed by atoms with van der Waals surface area (Å²) in [5.74, 6) is 2.23. The minimum Gasteiger partial charge on any atom is -0.496 e. The average Bonchev–Trinajstić information content (AvgIpc) is 3.19. The van der Waals surface area contributed by atoms with Crippen LogP contribution in [0.4, 0.5) is 13.2 Å². The summed E-state index contributed by atoms with van der Waals surface area (Å²) in [5.41, 5.74) is -0.0385. The Morgan fingerprint density at radius 2 is 1.70 bits per heavy atom. The van der Waals surface area contributed by atoms with Crippen LogP contribution in [0.5, 0.6) is 17.2 Å². The van der Waals surface area contributed by atoms with Crippen molar-refractivity contribution in [2.75, 3.05) is 34.9 Å². The molecule has 2 aromatic rings. The number of halogens is 4. The first-order valence-corrected chi connectivity index (χ1v) is 9.45. The molecule has 0 aliphatic heterocycles. The van der Waals surface area contributed by atoms with Gasteiger partial charge in [0.2, 0.25) is 0 Å². The first-order valence-electron chi connectivity index (χ1n) is 8.57. The molecule has 12 heteroatoms. The van der Waals surface area contributed by atoms with E-state index in [4.69, 9.17) is 14.2 Å². The summed E-state index contributed by atoms with van der Waals surface area (Å²) in [7, 11) is 6.25. The van der Waals surface area contributed by atoms with Crippen molar-refractivity contribution in [3.8, 4) is 17.2 Å². The first kappa shape index (κ1) is 26.1. The van der Waals surface area contributed by atoms with Gasteiger partial charge in [-0.15, -0.1) is 35.3 Å². The van der Waals surface area contributed by atoms with Crippen molar-refractivity contribution in [2.45, 2.75) is 19.1 Å². The molecule has 0 saturated heterocycles. The van der Waals surface area contributed by atoms with Gasteiger partial charge in [-0.3, -0.25) is 4.99 Å². The van der Waals surface area contributed by atoms with Crippen molar-refractivity contribution in [1.82, 2.24) is 15.6 Å². The molecule has 0 aliphatic rings. The van der Waals surface area contributed by atoms with Gasteiger partial charge in [0.1, 0.15) is 5.75 Å². The normalized spacial score (nSPS) is 11.5. The molecule has 0 saturated carbocycles. The predicted molar refractivity (Wildman–Crippen MR) is 121 cm³/mol. The Morgan fingerprint density at radius 1 is 1.07 bits per heavy atom. The van der Waals surface area contributed by atoms with Gasteiger partial charge >= 0.3 is 6.18 Å². The summed E-state index contributed by atoms with van der Waals surface area (Å²) in [6.45, 7) is 0.770. The fraction of sp³-hybridized carbons (Fsp3) is 0.444. The number of methoxy groups -OCH3 is 3. The molecule has 0 amide bonds. The maximum absolute atomic E-state index is 12.6. The number of hydrogen-bond acceptors (Lipinski definition) is 6. The van der Waals surface area contributed by atoms with E-state index in [1.807, 2.05) is 0 Å². The van der Waals surface area contributed by atoms with E-state index >= 15 is 0 Å². The van der Waals surface area contributed by atoms with Crippen LogP contribution in [0, 0.1) is 0 Å². The molecule has 0 spiro atoms. The van der Waals surface area contributed by atoms with Gasteiger partial charge in [-0.05, 0) is 6.07 Å². The Morgan fingerprint density at radius 3 is 2.23 bits per heavy atom. The molecular formula is C18H24F3IN4O3S. The Kier molecular flexibility index (Phi) is 10.5. The van der Waals surface area contributed by atoms with Gasteiger partial charge in [0.05, 0.1) is 26.3 Å². The molecule has 2 rings (SSSR count). The number of guanidine groups is 1. The molecule has 30 heavy (non-hydrogen) atoms. The smallest absolute Gasteiger partial charge is 0.434 e. The van der Waals surface area contributed by atoms with E-state index in [1.165, 1.54) is 0 Å². The third-order valence-corrected chi connectivity index (χ3v) is 4.84. The first-order chi connectivity index (χ1) is 13.8. The monoisotopic (exact) mass is 560 g/mol. The second kappa shape index (κ2) is 12.0. The standard InChI is InChI=1S/C18H23F3N4O3S.HI/c1-22-17(23-6-5-16-25-15(10-29-16)18(19,20)21)24-9-11-7-13(27-3)14(28-4)8-12(11)26-2;/h7-8,10H,5-6,9H2,1-4H3,(H2,22,23,24);1H. The van der Waals surface area contributed by atoms with Crippen molar-refractivity contribution in [2.24, 2.45) is 4.99 Å². The summed E-state index contributed by atoms with van der Waals surface area (Å²) >= 11 is 0.985. The summed E-state index contributed by atoms with van der Waals surface area (Å²) < 4.78 is 53.8. The summed E-state index contributed by atoms with van der Waals surface area (Å²) in [6.07, 6.45) is -4.07. The van der Waals surface area contributed by atoms with Crippen molar-refractivity contribution in [3.63, 3.8) is 0 Å². The number of alkyl halides is 3. The van der Waals surface area contributed by atoms with Gasteiger partial charge < -0.3 is 24.8 Å². The quantitative estimate of drug-likeness (QED) is 0.292. The summed E-state index contributed by atoms with van der Waals surface area (Å²) in [4.78, 5) is 7.72. The molecule has 0 atom stereocenters. The van der Waals surface area contributed by atoms with Gasteiger partial charge in [0.25, 0.3) is 0 Å². The number of thiazole rings is 1. The molecule has 0 radical (unpaired) electrons. The highest BCUT2D eigenvalue weighted by atomic mass is 127. The van der Waals surface area contributed by atoms with Crippen LogP contribution in [0.15, 0.2) is 22.5 Å². The summed E-state index contributed by atoms with van der Waals surface area (Å²) in [6, 6.07) is 3.53. The Balaban J connectivity index is 0.00000450. The van der Waals surface area contributed by atoms with Crippen molar-refractivity contribution in [3.05, 3.63) is 33.8 Å². The van der Waals surface area contributed by atoms with Crippen LogP contribution in [-0.2, 0) is 19.1 Å². The number of aromatic nitrogens is 1. The molecule has 2 N–H and O–H groups in total. The third-order valence-electron chi connectivity index (χ3n) is 3.93. The lowest BCUT2D eigenvalue weighted by Crippen LogP contribution is -2.37. The Bertz CT molecular complexity index is 847. The fourth-order valence-electron chi connectivity index (χ4n) is 2.47. The number of benzene rings is 1. The van der Waals surface area contributed by atoms with Crippen LogP contribution in [-0.4, -0.2) is 45.9 Å². The maximum Gasteiger partial charge on any atom is 0.434 e. The molecule has 0 aliphatic carbocycles. The van der Waals surface area contributed by atoms with Crippen LogP contribution in [0.1, 0.15) is 16.3 Å². The lowest BCUT2D eigenvalue weighted by Gasteiger charge is -2.16. The van der Waals surface area contributed by atoms with Crippen molar-refractivity contribution >= 4 is 41.3 Å². The largest absolute Gasteiger partial charge is 0.496 e. The lowest BCUT2D eigenvalue weighted by atomic mass is 10.1. The van der Waals surface area contributed by atoms with E-state index in [0.29, 0.717) is 47.7 Å². The van der Waals surface area contributed by atoms with Gasteiger partial charge in [-0.2, -0.15) is 13.2 Å². The van der Waals surface area contributed by atoms with E-state index in [2.05, 4.69) is 20.6 Å². The SMILES string of the molecule is CN=C(NCCc1nc(C(F)(F)F)cs1)NCc1cc(OC)c(OC)cc1OC.I. The average molecular weight is 560 g/mol. The number of ether oxygens (including phenoxy) is 3.